The zero-order valence-electron chi connectivity index (χ0n) is 39.5. The Morgan fingerprint density at radius 1 is 0.873 bits per heavy atom. The Balaban J connectivity index is 1.24. The van der Waals surface area contributed by atoms with E-state index in [1.807, 2.05) is 45.9 Å². The van der Waals surface area contributed by atoms with Gasteiger partial charge in [-0.15, -0.1) is 0 Å². The van der Waals surface area contributed by atoms with Gasteiger partial charge in [-0.05, 0) is 127 Å². The molecule has 0 bridgehead atoms. The van der Waals surface area contributed by atoms with E-state index in [-0.39, 0.29) is 72.4 Å². The number of benzene rings is 1. The van der Waals surface area contributed by atoms with Gasteiger partial charge in [0.2, 0.25) is 0 Å². The van der Waals surface area contributed by atoms with Crippen molar-refractivity contribution < 1.29 is 57.3 Å². The van der Waals surface area contributed by atoms with Crippen molar-refractivity contribution in [1.82, 2.24) is 4.90 Å². The molecule has 2 saturated carbocycles. The number of carbonyl (C=O) groups excluding carboxylic acids is 2. The third-order valence-electron chi connectivity index (χ3n) is 15.7. The minimum Gasteiger partial charge on any atom is -0.495 e. The number of ketones is 1. The number of nitrogens with zero attached hydrogens (tertiary/aromatic N) is 1. The minimum atomic E-state index is -0.850. The lowest BCUT2D eigenvalue weighted by Gasteiger charge is -2.48. The topological polar surface area (TPSA) is 153 Å². The zero-order valence-corrected chi connectivity index (χ0v) is 39.5. The number of allylic oxidation sites excluding steroid dienone is 2. The minimum absolute atomic E-state index is 0.0167. The van der Waals surface area contributed by atoms with Crippen molar-refractivity contribution in [2.24, 2.45) is 35.5 Å². The number of aliphatic hydroxyl groups excluding tert-OH is 1. The van der Waals surface area contributed by atoms with Crippen molar-refractivity contribution >= 4 is 17.4 Å². The molecule has 3 aliphatic heterocycles. The second-order valence-corrected chi connectivity index (χ2v) is 19.4. The highest BCUT2D eigenvalue weighted by Crippen LogP contribution is 2.58. The first-order valence-corrected chi connectivity index (χ1v) is 23.6. The number of ether oxygens (including phenoxy) is 9. The lowest BCUT2D eigenvalue weighted by atomic mass is 9.62. The summed E-state index contributed by atoms with van der Waals surface area (Å²) in [5.41, 5.74) is 2.36. The van der Waals surface area contributed by atoms with Crippen LogP contribution in [0.4, 0.5) is 5.69 Å². The predicted octanol–water partition coefficient (Wildman–Crippen LogP) is 6.09. The van der Waals surface area contributed by atoms with E-state index < -0.39 is 54.9 Å². The van der Waals surface area contributed by atoms with E-state index in [0.717, 1.165) is 30.5 Å². The van der Waals surface area contributed by atoms with Crippen molar-refractivity contribution in [3.63, 3.8) is 0 Å². The molecule has 2 N–H and O–H groups in total. The Hall–Kier alpha value is -2.66. The third-order valence-corrected chi connectivity index (χ3v) is 15.7. The van der Waals surface area contributed by atoms with E-state index in [4.69, 9.17) is 42.6 Å². The molecule has 63 heavy (non-hydrogen) atoms. The fourth-order valence-electron chi connectivity index (χ4n) is 12.4. The van der Waals surface area contributed by atoms with Gasteiger partial charge < -0.3 is 58.0 Å². The van der Waals surface area contributed by atoms with Gasteiger partial charge in [0.15, 0.2) is 18.4 Å². The Morgan fingerprint density at radius 3 is 2.27 bits per heavy atom. The molecule has 19 atom stereocenters. The number of fused-ring (bicyclic) bond motifs is 5. The number of hydrogen-bond acceptors (Lipinski definition) is 14. The molecular formula is C49H76N2O12. The molecule has 1 aromatic carbocycles. The molecule has 14 nitrogen and oxygen atoms in total. The van der Waals surface area contributed by atoms with E-state index in [9.17, 15) is 9.90 Å². The number of para-hydroxylation sites is 1. The Labute approximate surface area is 375 Å². The van der Waals surface area contributed by atoms with Crippen LogP contribution in [-0.4, -0.2) is 144 Å². The quantitative estimate of drug-likeness (QED) is 0.233. The number of methoxy groups -OCH3 is 4. The monoisotopic (exact) mass is 885 g/mol. The standard InChI is InChI=1S/C49H76N2O12/c1-12-29-16-14-17-37(63-40-20-19-36(51(6)7)27(4)59-40)26(3)44(53)35-23-32-31-21-30(62-49-48(58-11)47(57-10)46(56-9)28(5)60-49)22-34(31)45(54)43(41(32)33(35)24-39(52)61-29)50-42-25(2)15-13-18-38(42)55-8/h13,15,18,23,26-34,36-37,40-41,43,45-50,54H,12,14,16-17,19-22,24H2,1-11H3/t26-,27?,28?,29+,30+,31+,32+,33-,34-,36+,37+,40+,41-,43-,45-,46+,47?,48+,49+/m1/s1. The van der Waals surface area contributed by atoms with Crippen LogP contribution in [-0.2, 0) is 47.5 Å². The second-order valence-electron chi connectivity index (χ2n) is 19.4. The number of hydrogen-bond donors (Lipinski definition) is 2. The summed E-state index contributed by atoms with van der Waals surface area (Å²) in [6.07, 6.45) is 3.21. The highest BCUT2D eigenvalue weighted by Gasteiger charge is 2.60. The van der Waals surface area contributed by atoms with Gasteiger partial charge in [-0.3, -0.25) is 9.59 Å². The highest BCUT2D eigenvalue weighted by atomic mass is 16.7. The van der Waals surface area contributed by atoms with Gasteiger partial charge in [0, 0.05) is 39.2 Å². The molecule has 5 fully saturated rings. The maximum absolute atomic E-state index is 15.3. The van der Waals surface area contributed by atoms with Crippen molar-refractivity contribution in [2.75, 3.05) is 47.9 Å². The van der Waals surface area contributed by atoms with Crippen LogP contribution in [0.2, 0.25) is 0 Å². The summed E-state index contributed by atoms with van der Waals surface area (Å²) in [5.74, 6) is -1.42. The number of aliphatic hydroxyl groups is 1. The SMILES string of the molecule is CC[C@H]1CCC[C@H](O[C@H]2CC[C@H](N(C)C)C(C)O2)[C@@H](C)C(=O)C2=C[C@H]3[C@@H]4C[C@H](O[C@@H]5OC(C)[C@H](OC)C(OC)[C@@H]5OC)C[C@H]4[C@@H](O)[C@H](Nc4c(C)cccc4OC)[C@H]3[C@@H]2CC(=O)O1. The summed E-state index contributed by atoms with van der Waals surface area (Å²) in [4.78, 5) is 31.6. The number of carbonyl (C=O) groups is 2. The van der Waals surface area contributed by atoms with E-state index in [1.54, 1.807) is 28.4 Å². The smallest absolute Gasteiger partial charge is 0.306 e. The van der Waals surface area contributed by atoms with E-state index in [0.29, 0.717) is 49.5 Å². The summed E-state index contributed by atoms with van der Waals surface area (Å²) >= 11 is 0. The summed E-state index contributed by atoms with van der Waals surface area (Å²) < 4.78 is 56.2. The summed E-state index contributed by atoms with van der Waals surface area (Å²) in [5, 5.41) is 16.5. The number of anilines is 1. The van der Waals surface area contributed by atoms with Crippen LogP contribution < -0.4 is 10.1 Å². The van der Waals surface area contributed by atoms with Crippen molar-refractivity contribution in [2.45, 2.75) is 172 Å². The van der Waals surface area contributed by atoms with Crippen LogP contribution in [0.1, 0.15) is 91.0 Å². The Morgan fingerprint density at radius 2 is 1.60 bits per heavy atom. The number of rotatable bonds is 12. The average Bonchev–Trinajstić information content (AvgIpc) is 3.85. The molecule has 0 radical (unpaired) electrons. The van der Waals surface area contributed by atoms with Gasteiger partial charge in [-0.1, -0.05) is 32.1 Å². The number of esters is 1. The molecule has 0 aromatic heterocycles. The molecule has 3 saturated heterocycles. The van der Waals surface area contributed by atoms with E-state index >= 15 is 4.79 Å². The van der Waals surface area contributed by atoms with Crippen LogP contribution in [0.3, 0.4) is 0 Å². The maximum Gasteiger partial charge on any atom is 0.306 e. The maximum atomic E-state index is 15.3. The average molecular weight is 885 g/mol. The van der Waals surface area contributed by atoms with Gasteiger partial charge in [0.05, 0.1) is 55.8 Å². The van der Waals surface area contributed by atoms with Gasteiger partial charge >= 0.3 is 5.97 Å². The molecule has 3 heterocycles. The molecular weight excluding hydrogens is 809 g/mol. The van der Waals surface area contributed by atoms with Gasteiger partial charge in [0.25, 0.3) is 0 Å². The first-order valence-electron chi connectivity index (χ1n) is 23.6. The molecule has 3 unspecified atom stereocenters. The number of aryl methyl sites for hydroxylation is 1. The molecule has 6 aliphatic rings. The highest BCUT2D eigenvalue weighted by molar-refractivity contribution is 5.99. The zero-order chi connectivity index (χ0) is 45.3. The van der Waals surface area contributed by atoms with Gasteiger partial charge in [-0.2, -0.15) is 0 Å². The number of likely N-dealkylation sites (N-methyl/N-ethyl adjacent to an activating group) is 1. The molecule has 354 valence electrons. The van der Waals surface area contributed by atoms with Crippen LogP contribution in [0.5, 0.6) is 5.75 Å². The predicted molar refractivity (Wildman–Crippen MR) is 236 cm³/mol. The second kappa shape index (κ2) is 20.9. The van der Waals surface area contributed by atoms with Crippen LogP contribution >= 0.6 is 0 Å². The lowest BCUT2D eigenvalue weighted by Crippen LogP contribution is -2.59. The molecule has 3 aliphatic carbocycles. The molecule has 7 rings (SSSR count). The summed E-state index contributed by atoms with van der Waals surface area (Å²) in [6.45, 7) is 10.1. The van der Waals surface area contributed by atoms with Gasteiger partial charge in [0.1, 0.15) is 30.2 Å². The van der Waals surface area contributed by atoms with E-state index in [2.05, 4.69) is 37.3 Å². The number of cyclic esters (lactones) is 1. The molecule has 14 heteroatoms. The van der Waals surface area contributed by atoms with Crippen molar-refractivity contribution in [3.8, 4) is 5.75 Å². The third kappa shape index (κ3) is 9.91. The van der Waals surface area contributed by atoms with Crippen LogP contribution in [0, 0.1) is 42.4 Å². The molecule has 0 amide bonds. The number of Topliss-reactive ketones (excluding diaryl/α,β-unsaturated/α-hetero) is 1. The van der Waals surface area contributed by atoms with Crippen LogP contribution in [0.25, 0.3) is 0 Å². The Kier molecular flexibility index (Phi) is 16.0. The summed E-state index contributed by atoms with van der Waals surface area (Å²) in [7, 11) is 10.7. The lowest BCUT2D eigenvalue weighted by molar-refractivity contribution is -0.314. The molecule has 1 aromatic rings. The fraction of sp³-hybridized carbons (Fsp3) is 0.796. The van der Waals surface area contributed by atoms with Gasteiger partial charge in [-0.25, -0.2) is 0 Å². The largest absolute Gasteiger partial charge is 0.495 e. The van der Waals surface area contributed by atoms with E-state index in [1.165, 1.54) is 0 Å². The first-order chi connectivity index (χ1) is 30.2. The van der Waals surface area contributed by atoms with Crippen LogP contribution in [0.15, 0.2) is 29.8 Å². The first kappa shape index (κ1) is 48.3. The fourth-order valence-corrected chi connectivity index (χ4v) is 12.4. The number of nitrogens with one attached hydrogen (secondary N) is 1. The molecule has 0 spiro atoms. The van der Waals surface area contributed by atoms with Crippen molar-refractivity contribution in [1.29, 1.82) is 0 Å². The normalized spacial score (nSPS) is 42.3. The Bertz CT molecular complexity index is 1740. The van der Waals surface area contributed by atoms with Crippen molar-refractivity contribution in [3.05, 3.63) is 35.4 Å². The summed E-state index contributed by atoms with van der Waals surface area (Å²) in [6, 6.07) is 5.61.